The quantitative estimate of drug-likeness (QED) is 0.744. The van der Waals surface area contributed by atoms with Gasteiger partial charge in [-0.15, -0.1) is 0 Å². The molecule has 1 rings (SSSR count). The Balaban J connectivity index is 2.30. The van der Waals surface area contributed by atoms with E-state index < -0.39 is 0 Å². The first-order chi connectivity index (χ1) is 6.53. The normalized spacial score (nSPS) is 24.9. The first-order valence-corrected chi connectivity index (χ1v) is 6.01. The Morgan fingerprint density at radius 2 is 2.14 bits per heavy atom. The third kappa shape index (κ3) is 3.97. The Kier molecular flexibility index (Phi) is 4.39. The van der Waals surface area contributed by atoms with Gasteiger partial charge in [0.05, 0.1) is 0 Å². The molecule has 84 valence electrons. The summed E-state index contributed by atoms with van der Waals surface area (Å²) < 4.78 is 0. The second kappa shape index (κ2) is 5.13. The maximum atomic E-state index is 3.55. The highest BCUT2D eigenvalue weighted by Crippen LogP contribution is 2.14. The molecule has 0 amide bonds. The molecule has 1 N–H and O–H groups in total. The monoisotopic (exact) mass is 198 g/mol. The van der Waals surface area contributed by atoms with Crippen molar-refractivity contribution in [3.8, 4) is 0 Å². The lowest BCUT2D eigenvalue weighted by molar-refractivity contribution is 0.136. The predicted octanol–water partition coefficient (Wildman–Crippen LogP) is 2.11. The van der Waals surface area contributed by atoms with E-state index in [0.717, 1.165) is 12.5 Å². The van der Waals surface area contributed by atoms with Crippen LogP contribution in [0.2, 0.25) is 0 Å². The fraction of sp³-hybridized carbons (Fsp3) is 1.00. The van der Waals surface area contributed by atoms with Crippen LogP contribution in [0, 0.1) is 5.92 Å². The molecule has 1 aliphatic rings. The summed E-state index contributed by atoms with van der Waals surface area (Å²) in [5, 5.41) is 3.55. The van der Waals surface area contributed by atoms with Crippen LogP contribution in [0.3, 0.4) is 0 Å². The zero-order chi connectivity index (χ0) is 10.6. The molecule has 1 unspecified atom stereocenters. The maximum absolute atomic E-state index is 3.55. The fourth-order valence-corrected chi connectivity index (χ4v) is 2.43. The molecular formula is C12H26N2. The molecule has 0 bridgehead atoms. The van der Waals surface area contributed by atoms with E-state index in [9.17, 15) is 0 Å². The summed E-state index contributed by atoms with van der Waals surface area (Å²) in [5.41, 5.74) is 0.310. The van der Waals surface area contributed by atoms with Crippen LogP contribution in [0.25, 0.3) is 0 Å². The van der Waals surface area contributed by atoms with Gasteiger partial charge in [-0.1, -0.05) is 20.3 Å². The van der Waals surface area contributed by atoms with E-state index in [1.807, 2.05) is 0 Å². The molecule has 0 aromatic carbocycles. The number of rotatable bonds is 4. The van der Waals surface area contributed by atoms with Crippen LogP contribution < -0.4 is 5.32 Å². The van der Waals surface area contributed by atoms with Gasteiger partial charge in [-0.3, -0.25) is 0 Å². The molecule has 1 fully saturated rings. The zero-order valence-corrected chi connectivity index (χ0v) is 10.3. The van der Waals surface area contributed by atoms with E-state index in [1.165, 1.54) is 32.5 Å². The number of nitrogens with zero attached hydrogens (tertiary/aromatic N) is 1. The summed E-state index contributed by atoms with van der Waals surface area (Å²) in [5.74, 6) is 0.855. The van der Waals surface area contributed by atoms with E-state index in [1.54, 1.807) is 0 Å². The first kappa shape index (κ1) is 12.0. The van der Waals surface area contributed by atoms with Gasteiger partial charge in [0.25, 0.3) is 0 Å². The number of hydrogen-bond acceptors (Lipinski definition) is 2. The molecule has 1 atom stereocenters. The molecule has 2 nitrogen and oxygen atoms in total. The second-order valence-electron chi connectivity index (χ2n) is 5.44. The van der Waals surface area contributed by atoms with E-state index in [2.05, 4.69) is 37.9 Å². The van der Waals surface area contributed by atoms with Crippen molar-refractivity contribution in [2.45, 2.75) is 46.1 Å². The van der Waals surface area contributed by atoms with Crippen molar-refractivity contribution in [3.63, 3.8) is 0 Å². The molecule has 0 aromatic rings. The first-order valence-electron chi connectivity index (χ1n) is 6.01. The smallest absolute Gasteiger partial charge is 0.0252 e. The number of hydrogen-bond donors (Lipinski definition) is 1. The summed E-state index contributed by atoms with van der Waals surface area (Å²) in [7, 11) is 0. The van der Waals surface area contributed by atoms with E-state index in [-0.39, 0.29) is 0 Å². The Morgan fingerprint density at radius 3 is 2.71 bits per heavy atom. The van der Waals surface area contributed by atoms with Crippen LogP contribution in [0.4, 0.5) is 0 Å². The summed E-state index contributed by atoms with van der Waals surface area (Å²) in [6, 6.07) is 0. The van der Waals surface area contributed by atoms with E-state index in [4.69, 9.17) is 0 Å². The third-order valence-corrected chi connectivity index (χ3v) is 3.00. The van der Waals surface area contributed by atoms with Crippen LogP contribution in [0.5, 0.6) is 0 Å². The van der Waals surface area contributed by atoms with Gasteiger partial charge in [-0.2, -0.15) is 0 Å². The number of piperazine rings is 1. The van der Waals surface area contributed by atoms with Gasteiger partial charge >= 0.3 is 0 Å². The van der Waals surface area contributed by atoms with Crippen molar-refractivity contribution in [2.75, 3.05) is 26.2 Å². The second-order valence-corrected chi connectivity index (χ2v) is 5.44. The molecule has 1 heterocycles. The van der Waals surface area contributed by atoms with Gasteiger partial charge in [-0.05, 0) is 26.2 Å². The molecular weight excluding hydrogens is 172 g/mol. The molecule has 0 aromatic heterocycles. The Morgan fingerprint density at radius 1 is 1.43 bits per heavy atom. The molecule has 14 heavy (non-hydrogen) atoms. The average molecular weight is 198 g/mol. The Hall–Kier alpha value is -0.0800. The van der Waals surface area contributed by atoms with Crippen molar-refractivity contribution >= 4 is 0 Å². The topological polar surface area (TPSA) is 15.3 Å². The lowest BCUT2D eigenvalue weighted by Gasteiger charge is -2.40. The highest BCUT2D eigenvalue weighted by atomic mass is 15.2. The maximum Gasteiger partial charge on any atom is 0.0252 e. The van der Waals surface area contributed by atoms with Crippen LogP contribution in [-0.4, -0.2) is 36.6 Å². The van der Waals surface area contributed by atoms with Crippen LogP contribution in [0.15, 0.2) is 0 Å². The van der Waals surface area contributed by atoms with Crippen LogP contribution in [-0.2, 0) is 0 Å². The number of nitrogens with one attached hydrogen (secondary N) is 1. The standard InChI is InChI=1S/C12H26N2/c1-5-6-11(2)9-14-8-7-13-12(3,4)10-14/h11,13H,5-10H2,1-4H3. The van der Waals surface area contributed by atoms with Crippen molar-refractivity contribution in [1.29, 1.82) is 0 Å². The van der Waals surface area contributed by atoms with Crippen LogP contribution >= 0.6 is 0 Å². The highest BCUT2D eigenvalue weighted by molar-refractivity contribution is 4.86. The van der Waals surface area contributed by atoms with Gasteiger partial charge in [0.15, 0.2) is 0 Å². The Bertz CT molecular complexity index is 166. The predicted molar refractivity (Wildman–Crippen MR) is 62.6 cm³/mol. The molecule has 0 spiro atoms. The summed E-state index contributed by atoms with van der Waals surface area (Å²) in [6.07, 6.45) is 2.68. The van der Waals surface area contributed by atoms with Gasteiger partial charge in [0, 0.05) is 31.7 Å². The fourth-order valence-electron chi connectivity index (χ4n) is 2.43. The molecule has 1 saturated heterocycles. The molecule has 0 saturated carbocycles. The van der Waals surface area contributed by atoms with Gasteiger partial charge in [-0.25, -0.2) is 0 Å². The largest absolute Gasteiger partial charge is 0.309 e. The molecule has 0 aliphatic carbocycles. The minimum Gasteiger partial charge on any atom is -0.309 e. The van der Waals surface area contributed by atoms with E-state index >= 15 is 0 Å². The van der Waals surface area contributed by atoms with Gasteiger partial charge in [0.2, 0.25) is 0 Å². The summed E-state index contributed by atoms with van der Waals surface area (Å²) in [4.78, 5) is 2.61. The van der Waals surface area contributed by atoms with E-state index in [0.29, 0.717) is 5.54 Å². The Labute approximate surface area is 89.1 Å². The average Bonchev–Trinajstić information content (AvgIpc) is 2.02. The minimum atomic E-state index is 0.310. The van der Waals surface area contributed by atoms with Crippen molar-refractivity contribution in [3.05, 3.63) is 0 Å². The lowest BCUT2D eigenvalue weighted by atomic mass is 9.99. The lowest BCUT2D eigenvalue weighted by Crippen LogP contribution is -2.57. The molecule has 0 radical (unpaired) electrons. The zero-order valence-electron chi connectivity index (χ0n) is 10.3. The van der Waals surface area contributed by atoms with Crippen molar-refractivity contribution in [1.82, 2.24) is 10.2 Å². The minimum absolute atomic E-state index is 0.310. The summed E-state index contributed by atoms with van der Waals surface area (Å²) in [6.45, 7) is 14.1. The molecule has 2 heteroatoms. The highest BCUT2D eigenvalue weighted by Gasteiger charge is 2.25. The SMILES string of the molecule is CCCC(C)CN1CCNC(C)(C)C1. The molecule has 1 aliphatic heterocycles. The third-order valence-electron chi connectivity index (χ3n) is 3.00. The van der Waals surface area contributed by atoms with Gasteiger partial charge < -0.3 is 10.2 Å². The summed E-state index contributed by atoms with van der Waals surface area (Å²) >= 11 is 0. The van der Waals surface area contributed by atoms with Crippen molar-refractivity contribution < 1.29 is 0 Å². The van der Waals surface area contributed by atoms with Gasteiger partial charge in [0.1, 0.15) is 0 Å². The van der Waals surface area contributed by atoms with Crippen LogP contribution in [0.1, 0.15) is 40.5 Å². The van der Waals surface area contributed by atoms with Crippen molar-refractivity contribution in [2.24, 2.45) is 5.92 Å².